The first kappa shape index (κ1) is 21.8. The van der Waals surface area contributed by atoms with E-state index in [1.807, 2.05) is 71.6 Å². The highest BCUT2D eigenvalue weighted by Crippen LogP contribution is 2.35. The second-order valence-corrected chi connectivity index (χ2v) is 8.68. The third-order valence-corrected chi connectivity index (χ3v) is 6.43. The van der Waals surface area contributed by atoms with E-state index in [9.17, 15) is 4.79 Å². The van der Waals surface area contributed by atoms with Crippen LogP contribution in [0, 0.1) is 0 Å². The molecule has 0 radical (unpaired) electrons. The van der Waals surface area contributed by atoms with Crippen LogP contribution in [0.3, 0.4) is 0 Å². The van der Waals surface area contributed by atoms with Gasteiger partial charge >= 0.3 is 0 Å². The number of rotatable bonds is 9. The van der Waals surface area contributed by atoms with Gasteiger partial charge in [-0.05, 0) is 16.7 Å². The molecule has 3 aromatic rings. The lowest BCUT2D eigenvalue weighted by Gasteiger charge is -2.53. The summed E-state index contributed by atoms with van der Waals surface area (Å²) in [5.41, 5.74) is 3.30. The number of β-lactam (4-membered cyclic amide) rings is 1. The van der Waals surface area contributed by atoms with Gasteiger partial charge in [0.1, 0.15) is 18.3 Å². The maximum absolute atomic E-state index is 12.4. The molecule has 0 aromatic heterocycles. The van der Waals surface area contributed by atoms with Crippen LogP contribution >= 0.6 is 0 Å². The second kappa shape index (κ2) is 10.3. The first-order valence-corrected chi connectivity index (χ1v) is 11.5. The van der Waals surface area contributed by atoms with Gasteiger partial charge in [-0.1, -0.05) is 91.0 Å². The van der Waals surface area contributed by atoms with Crippen LogP contribution in [-0.2, 0) is 38.8 Å². The van der Waals surface area contributed by atoms with Crippen molar-refractivity contribution >= 4 is 5.91 Å². The van der Waals surface area contributed by atoms with E-state index < -0.39 is 0 Å². The Balaban J connectivity index is 1.35. The predicted molar refractivity (Wildman–Crippen MR) is 125 cm³/mol. The summed E-state index contributed by atoms with van der Waals surface area (Å²) in [5, 5.41) is 0. The minimum atomic E-state index is -0.271. The Morgan fingerprint density at radius 3 is 1.58 bits per heavy atom. The minimum Gasteiger partial charge on any atom is -0.369 e. The number of ether oxygens (including phenoxy) is 3. The average Bonchev–Trinajstić information content (AvgIpc) is 2.87. The maximum atomic E-state index is 12.4. The zero-order chi connectivity index (χ0) is 22.5. The van der Waals surface area contributed by atoms with Crippen LogP contribution in [0.2, 0.25) is 0 Å². The molecule has 0 spiro atoms. The van der Waals surface area contributed by atoms with E-state index in [1.54, 1.807) is 0 Å². The van der Waals surface area contributed by atoms with Crippen molar-refractivity contribution in [2.75, 3.05) is 6.54 Å². The zero-order valence-corrected chi connectivity index (χ0v) is 18.6. The summed E-state index contributed by atoms with van der Waals surface area (Å²) in [4.78, 5) is 14.3. The lowest BCUT2D eigenvalue weighted by Crippen LogP contribution is -2.70. The van der Waals surface area contributed by atoms with Crippen molar-refractivity contribution in [1.29, 1.82) is 0 Å². The van der Waals surface area contributed by atoms with Crippen molar-refractivity contribution in [3.63, 3.8) is 0 Å². The third kappa shape index (κ3) is 5.17. The summed E-state index contributed by atoms with van der Waals surface area (Å²) in [6.07, 6.45) is -0.293. The molecule has 0 N–H and O–H groups in total. The van der Waals surface area contributed by atoms with Crippen molar-refractivity contribution in [2.24, 2.45) is 0 Å². The van der Waals surface area contributed by atoms with Gasteiger partial charge in [0.05, 0.1) is 25.9 Å². The van der Waals surface area contributed by atoms with Crippen LogP contribution in [0.1, 0.15) is 23.1 Å². The zero-order valence-electron chi connectivity index (χ0n) is 18.6. The van der Waals surface area contributed by atoms with E-state index in [2.05, 4.69) is 24.3 Å². The van der Waals surface area contributed by atoms with Crippen molar-refractivity contribution < 1.29 is 19.0 Å². The molecule has 5 heteroatoms. The average molecular weight is 444 g/mol. The number of nitrogens with zero attached hydrogens (tertiary/aromatic N) is 1. The normalized spacial score (nSPS) is 24.2. The van der Waals surface area contributed by atoms with E-state index >= 15 is 0 Å². The van der Waals surface area contributed by atoms with Gasteiger partial charge in [-0.3, -0.25) is 4.79 Å². The molecule has 33 heavy (non-hydrogen) atoms. The highest BCUT2D eigenvalue weighted by Gasteiger charge is 2.53. The highest BCUT2D eigenvalue weighted by atomic mass is 16.6. The Hall–Kier alpha value is -2.99. The van der Waals surface area contributed by atoms with Crippen LogP contribution in [0.4, 0.5) is 0 Å². The number of carbonyl (C=O) groups is 1. The smallest absolute Gasteiger partial charge is 0.225 e. The van der Waals surface area contributed by atoms with E-state index in [0.29, 0.717) is 32.8 Å². The summed E-state index contributed by atoms with van der Waals surface area (Å²) in [6.45, 7) is 1.94. The predicted octanol–water partition coefficient (Wildman–Crippen LogP) is 4.36. The molecule has 170 valence electrons. The second-order valence-electron chi connectivity index (χ2n) is 8.68. The van der Waals surface area contributed by atoms with Gasteiger partial charge in [-0.2, -0.15) is 0 Å². The highest BCUT2D eigenvalue weighted by molar-refractivity contribution is 5.83. The van der Waals surface area contributed by atoms with Crippen molar-refractivity contribution in [3.05, 3.63) is 108 Å². The van der Waals surface area contributed by atoms with Gasteiger partial charge < -0.3 is 19.1 Å². The summed E-state index contributed by atoms with van der Waals surface area (Å²) >= 11 is 0. The van der Waals surface area contributed by atoms with Gasteiger partial charge in [0.15, 0.2) is 0 Å². The third-order valence-electron chi connectivity index (χ3n) is 6.43. The number of hydrogen-bond donors (Lipinski definition) is 0. The van der Waals surface area contributed by atoms with Gasteiger partial charge in [0.2, 0.25) is 5.91 Å². The summed E-state index contributed by atoms with van der Waals surface area (Å²) in [5.74, 6) is 0.156. The molecule has 5 nitrogen and oxygen atoms in total. The molecular weight excluding hydrogens is 414 g/mol. The molecule has 2 aliphatic heterocycles. The van der Waals surface area contributed by atoms with E-state index in [4.69, 9.17) is 14.2 Å². The number of benzene rings is 3. The lowest BCUT2D eigenvalue weighted by atomic mass is 9.85. The van der Waals surface area contributed by atoms with Crippen LogP contribution in [0.15, 0.2) is 91.0 Å². The fraction of sp³-hybridized carbons (Fsp3) is 0.321. The van der Waals surface area contributed by atoms with Gasteiger partial charge in [0, 0.05) is 13.0 Å². The Morgan fingerprint density at radius 1 is 0.636 bits per heavy atom. The Morgan fingerprint density at radius 2 is 1.09 bits per heavy atom. The molecule has 0 aliphatic carbocycles. The molecule has 0 saturated carbocycles. The molecule has 5 rings (SSSR count). The van der Waals surface area contributed by atoms with Crippen LogP contribution in [-0.4, -0.2) is 41.7 Å². The van der Waals surface area contributed by atoms with E-state index in [0.717, 1.165) is 16.7 Å². The number of piperidine rings is 1. The van der Waals surface area contributed by atoms with Crippen LogP contribution in [0.5, 0.6) is 0 Å². The molecule has 2 aliphatic rings. The molecule has 2 saturated heterocycles. The minimum absolute atomic E-state index is 0.0264. The first-order chi connectivity index (χ1) is 16.3. The molecule has 1 amide bonds. The molecule has 0 bridgehead atoms. The number of carbonyl (C=O) groups excluding carboxylic acids is 1. The molecule has 2 heterocycles. The van der Waals surface area contributed by atoms with Crippen molar-refractivity contribution in [1.82, 2.24) is 4.90 Å². The Bertz CT molecular complexity index is 1030. The van der Waals surface area contributed by atoms with Gasteiger partial charge in [-0.15, -0.1) is 0 Å². The molecule has 4 atom stereocenters. The standard InChI is InChI=1S/C28H29NO4/c30-26-16-24-27(32-19-22-12-6-2-7-13-22)28(33-20-23-14-8-3-9-15-23)25(17-29(24)26)31-18-21-10-4-1-5-11-21/h1-15,24-25,27-28H,16-20H2/t24-,25+,27+,28-/m1/s1. The van der Waals surface area contributed by atoms with Crippen LogP contribution < -0.4 is 0 Å². The maximum Gasteiger partial charge on any atom is 0.225 e. The quantitative estimate of drug-likeness (QED) is 0.461. The molecule has 3 aromatic carbocycles. The number of fused-ring (bicyclic) bond motifs is 1. The number of hydrogen-bond acceptors (Lipinski definition) is 4. The Labute approximate surface area is 194 Å². The fourth-order valence-corrected chi connectivity index (χ4v) is 4.60. The lowest BCUT2D eigenvalue weighted by molar-refractivity contribution is -0.221. The summed E-state index contributed by atoms with van der Waals surface area (Å²) in [7, 11) is 0. The molecule has 2 fully saturated rings. The topological polar surface area (TPSA) is 48.0 Å². The Kier molecular flexibility index (Phi) is 6.81. The largest absolute Gasteiger partial charge is 0.369 e. The van der Waals surface area contributed by atoms with Crippen molar-refractivity contribution in [2.45, 2.75) is 50.6 Å². The van der Waals surface area contributed by atoms with Gasteiger partial charge in [0.25, 0.3) is 0 Å². The summed E-state index contributed by atoms with van der Waals surface area (Å²) in [6, 6.07) is 30.4. The van der Waals surface area contributed by atoms with Gasteiger partial charge in [-0.25, -0.2) is 0 Å². The molecular formula is C28H29NO4. The monoisotopic (exact) mass is 443 g/mol. The van der Waals surface area contributed by atoms with Crippen molar-refractivity contribution in [3.8, 4) is 0 Å². The number of amides is 1. The fourth-order valence-electron chi connectivity index (χ4n) is 4.60. The van der Waals surface area contributed by atoms with E-state index in [1.165, 1.54) is 0 Å². The van der Waals surface area contributed by atoms with E-state index in [-0.39, 0.29) is 30.3 Å². The van der Waals surface area contributed by atoms with Crippen LogP contribution in [0.25, 0.3) is 0 Å². The first-order valence-electron chi connectivity index (χ1n) is 11.5. The summed E-state index contributed by atoms with van der Waals surface area (Å²) < 4.78 is 19.3. The SMILES string of the molecule is O=C1C[C@@H]2[C@H](OCc3ccccc3)[C@H](OCc3ccccc3)[C@@H](OCc3ccccc3)CN12. The molecule has 0 unspecified atom stereocenters.